The van der Waals surface area contributed by atoms with Crippen molar-refractivity contribution in [3.63, 3.8) is 0 Å². The molecule has 26 heavy (non-hydrogen) atoms. The highest BCUT2D eigenvalue weighted by Gasteiger charge is 2.13. The second-order valence-corrected chi connectivity index (χ2v) is 5.81. The van der Waals surface area contributed by atoms with E-state index in [4.69, 9.17) is 9.26 Å². The van der Waals surface area contributed by atoms with E-state index in [0.717, 1.165) is 11.3 Å². The molecule has 7 heteroatoms. The molecule has 0 aliphatic rings. The summed E-state index contributed by atoms with van der Waals surface area (Å²) in [5.74, 6) is 2.16. The maximum Gasteiger partial charge on any atom is 0.261 e. The summed E-state index contributed by atoms with van der Waals surface area (Å²) in [5.41, 5.74) is 1.34. The van der Waals surface area contributed by atoms with Gasteiger partial charge >= 0.3 is 0 Å². The summed E-state index contributed by atoms with van der Waals surface area (Å²) in [4.78, 5) is 21.6. The van der Waals surface area contributed by atoms with Crippen LogP contribution >= 0.6 is 0 Å². The first-order valence-corrected chi connectivity index (χ1v) is 8.09. The summed E-state index contributed by atoms with van der Waals surface area (Å²) in [6.45, 7) is 1.99. The van der Waals surface area contributed by atoms with Gasteiger partial charge in [-0.3, -0.25) is 9.36 Å². The molecule has 4 rings (SSSR count). The third kappa shape index (κ3) is 2.83. The molecule has 2 aromatic carbocycles. The summed E-state index contributed by atoms with van der Waals surface area (Å²) < 4.78 is 12.0. The van der Waals surface area contributed by atoms with Crippen LogP contribution in [0.2, 0.25) is 0 Å². The Labute approximate surface area is 148 Å². The lowest BCUT2D eigenvalue weighted by atomic mass is 10.2. The molecule has 0 spiro atoms. The average Bonchev–Trinajstić information content (AvgIpc) is 3.14. The van der Waals surface area contributed by atoms with E-state index in [1.807, 2.05) is 42.5 Å². The number of benzene rings is 2. The van der Waals surface area contributed by atoms with Crippen molar-refractivity contribution in [2.75, 3.05) is 7.11 Å². The van der Waals surface area contributed by atoms with Crippen LogP contribution in [0.4, 0.5) is 0 Å². The molecular weight excluding hydrogens is 332 g/mol. The van der Waals surface area contributed by atoms with Gasteiger partial charge in [-0.15, -0.1) is 0 Å². The molecule has 0 radical (unpaired) electrons. The quantitative estimate of drug-likeness (QED) is 0.564. The van der Waals surface area contributed by atoms with Crippen molar-refractivity contribution in [3.05, 3.63) is 70.5 Å². The molecule has 0 N–H and O–H groups in total. The summed E-state index contributed by atoms with van der Waals surface area (Å²) in [6, 6.07) is 14.6. The van der Waals surface area contributed by atoms with Gasteiger partial charge in [-0.2, -0.15) is 4.98 Å². The molecular formula is C19H16N4O3. The lowest BCUT2D eigenvalue weighted by Crippen LogP contribution is -2.24. The first kappa shape index (κ1) is 16.0. The van der Waals surface area contributed by atoms with Crippen molar-refractivity contribution in [1.82, 2.24) is 19.7 Å². The molecule has 0 atom stereocenters. The molecule has 2 aromatic heterocycles. The van der Waals surface area contributed by atoms with Crippen LogP contribution < -0.4 is 10.3 Å². The van der Waals surface area contributed by atoms with E-state index >= 15 is 0 Å². The normalized spacial score (nSPS) is 11.0. The van der Waals surface area contributed by atoms with E-state index in [-0.39, 0.29) is 12.1 Å². The van der Waals surface area contributed by atoms with E-state index in [1.54, 1.807) is 24.7 Å². The second-order valence-electron chi connectivity index (χ2n) is 5.81. The molecule has 0 saturated heterocycles. The van der Waals surface area contributed by atoms with E-state index in [9.17, 15) is 4.79 Å². The molecule has 0 bridgehead atoms. The van der Waals surface area contributed by atoms with Gasteiger partial charge in [0.15, 0.2) is 5.82 Å². The largest absolute Gasteiger partial charge is 0.497 e. The fourth-order valence-electron chi connectivity index (χ4n) is 2.78. The van der Waals surface area contributed by atoms with Crippen LogP contribution in [0.3, 0.4) is 0 Å². The van der Waals surface area contributed by atoms with Gasteiger partial charge in [-0.1, -0.05) is 17.3 Å². The molecule has 0 amide bonds. The van der Waals surface area contributed by atoms with Crippen LogP contribution in [0.5, 0.6) is 5.75 Å². The Bertz CT molecular complexity index is 1130. The van der Waals surface area contributed by atoms with Gasteiger partial charge in [0, 0.05) is 5.56 Å². The number of aryl methyl sites for hydroxylation is 1. The molecule has 7 nitrogen and oxygen atoms in total. The molecule has 130 valence electrons. The molecule has 4 aromatic rings. The zero-order chi connectivity index (χ0) is 18.1. The Hall–Kier alpha value is -3.48. The Balaban J connectivity index is 1.67. The minimum atomic E-state index is -0.121. The predicted octanol–water partition coefficient (Wildman–Crippen LogP) is 2.81. The Morgan fingerprint density at radius 3 is 2.62 bits per heavy atom. The monoisotopic (exact) mass is 348 g/mol. The number of aromatic nitrogens is 4. The number of hydrogen-bond acceptors (Lipinski definition) is 6. The molecule has 0 fully saturated rings. The maximum absolute atomic E-state index is 12.7. The predicted molar refractivity (Wildman–Crippen MR) is 96.1 cm³/mol. The van der Waals surface area contributed by atoms with E-state index in [0.29, 0.717) is 28.4 Å². The zero-order valence-electron chi connectivity index (χ0n) is 14.3. The third-order valence-electron chi connectivity index (χ3n) is 4.16. The first-order chi connectivity index (χ1) is 12.7. The highest BCUT2D eigenvalue weighted by atomic mass is 16.5. The average molecular weight is 348 g/mol. The summed E-state index contributed by atoms with van der Waals surface area (Å²) in [7, 11) is 1.61. The van der Waals surface area contributed by atoms with Gasteiger partial charge in [0.25, 0.3) is 11.4 Å². The van der Waals surface area contributed by atoms with E-state index in [1.165, 1.54) is 0 Å². The van der Waals surface area contributed by atoms with Crippen molar-refractivity contribution in [2.45, 2.75) is 13.5 Å². The fraction of sp³-hybridized carbons (Fsp3) is 0.158. The minimum absolute atomic E-state index is 0.121. The van der Waals surface area contributed by atoms with Gasteiger partial charge in [0.1, 0.15) is 11.6 Å². The van der Waals surface area contributed by atoms with Crippen LogP contribution in [-0.4, -0.2) is 26.8 Å². The molecule has 0 saturated carbocycles. The number of hydrogen-bond donors (Lipinski definition) is 0. The minimum Gasteiger partial charge on any atom is -0.497 e. The summed E-state index contributed by atoms with van der Waals surface area (Å²) >= 11 is 0. The van der Waals surface area contributed by atoms with Crippen molar-refractivity contribution in [3.8, 4) is 17.2 Å². The number of methoxy groups -OCH3 is 1. The lowest BCUT2D eigenvalue weighted by molar-refractivity contribution is 0.413. The van der Waals surface area contributed by atoms with Crippen LogP contribution in [0, 0.1) is 6.92 Å². The van der Waals surface area contributed by atoms with Crippen molar-refractivity contribution in [1.29, 1.82) is 0 Å². The van der Waals surface area contributed by atoms with Crippen molar-refractivity contribution >= 4 is 10.9 Å². The number of fused-ring (bicyclic) bond motifs is 1. The summed E-state index contributed by atoms with van der Waals surface area (Å²) in [6.07, 6.45) is 0. The summed E-state index contributed by atoms with van der Waals surface area (Å²) in [5, 5.41) is 4.55. The molecule has 2 heterocycles. The van der Waals surface area contributed by atoms with Gasteiger partial charge in [0.2, 0.25) is 0 Å². The standard InChI is InChI=1S/C19H16N4O3/c1-12-20-16-6-4-3-5-15(16)19(24)23(12)11-17-21-18(26-22-17)13-7-9-14(25-2)10-8-13/h3-10H,11H2,1-2H3. The van der Waals surface area contributed by atoms with Crippen molar-refractivity contribution in [2.24, 2.45) is 0 Å². The highest BCUT2D eigenvalue weighted by Crippen LogP contribution is 2.21. The van der Waals surface area contributed by atoms with Crippen LogP contribution in [0.15, 0.2) is 57.8 Å². The Morgan fingerprint density at radius 2 is 1.85 bits per heavy atom. The van der Waals surface area contributed by atoms with Gasteiger partial charge in [-0.05, 0) is 43.3 Å². The number of para-hydroxylation sites is 1. The van der Waals surface area contributed by atoms with Crippen LogP contribution in [-0.2, 0) is 6.54 Å². The SMILES string of the molecule is COc1ccc(-c2nc(Cn3c(C)nc4ccccc4c3=O)no2)cc1. The molecule has 0 aliphatic heterocycles. The van der Waals surface area contributed by atoms with Crippen molar-refractivity contribution < 1.29 is 9.26 Å². The van der Waals surface area contributed by atoms with Gasteiger partial charge in [0.05, 0.1) is 24.6 Å². The van der Waals surface area contributed by atoms with E-state index in [2.05, 4.69) is 15.1 Å². The van der Waals surface area contributed by atoms with Gasteiger partial charge < -0.3 is 9.26 Å². The zero-order valence-corrected chi connectivity index (χ0v) is 14.3. The Morgan fingerprint density at radius 1 is 1.08 bits per heavy atom. The fourth-order valence-corrected chi connectivity index (χ4v) is 2.78. The van der Waals surface area contributed by atoms with Crippen LogP contribution in [0.25, 0.3) is 22.4 Å². The first-order valence-electron chi connectivity index (χ1n) is 8.09. The van der Waals surface area contributed by atoms with Gasteiger partial charge in [-0.25, -0.2) is 4.98 Å². The molecule has 0 aliphatic carbocycles. The number of rotatable bonds is 4. The third-order valence-corrected chi connectivity index (χ3v) is 4.16. The lowest BCUT2D eigenvalue weighted by Gasteiger charge is -2.08. The smallest absolute Gasteiger partial charge is 0.261 e. The van der Waals surface area contributed by atoms with Crippen LogP contribution in [0.1, 0.15) is 11.6 Å². The Kier molecular flexibility index (Phi) is 3.96. The number of ether oxygens (including phenoxy) is 1. The maximum atomic E-state index is 12.7. The second kappa shape index (κ2) is 6.44. The molecule has 0 unspecified atom stereocenters. The highest BCUT2D eigenvalue weighted by molar-refractivity contribution is 5.77. The van der Waals surface area contributed by atoms with E-state index < -0.39 is 0 Å². The topological polar surface area (TPSA) is 83.0 Å². The number of nitrogens with zero attached hydrogens (tertiary/aromatic N) is 4.